The number of hydrogen-bond donors (Lipinski definition) is 1. The van der Waals surface area contributed by atoms with E-state index in [4.69, 9.17) is 6.42 Å². The fourth-order valence-electron chi connectivity index (χ4n) is 1.53. The van der Waals surface area contributed by atoms with E-state index in [2.05, 4.69) is 16.1 Å². The molecule has 0 saturated carbocycles. The van der Waals surface area contributed by atoms with Crippen LogP contribution in [0.1, 0.15) is 19.3 Å². The lowest BCUT2D eigenvalue weighted by atomic mass is 10.3. The molecule has 0 aromatic rings. The smallest absolute Gasteiger partial charge is 0.0107 e. The molecule has 2 heteroatoms. The highest BCUT2D eigenvalue weighted by molar-refractivity contribution is 4.83. The molecule has 0 amide bonds. The van der Waals surface area contributed by atoms with Gasteiger partial charge in [-0.25, -0.2) is 0 Å². The molecule has 1 aliphatic heterocycles. The Morgan fingerprint density at radius 1 is 1.33 bits per heavy atom. The van der Waals surface area contributed by atoms with Crippen LogP contribution in [0.15, 0.2) is 0 Å². The van der Waals surface area contributed by atoms with E-state index < -0.39 is 0 Å². The first-order chi connectivity index (χ1) is 5.93. The molecule has 0 aliphatic carbocycles. The first kappa shape index (κ1) is 9.57. The van der Waals surface area contributed by atoms with Crippen LogP contribution >= 0.6 is 0 Å². The van der Waals surface area contributed by atoms with E-state index in [9.17, 15) is 0 Å². The van der Waals surface area contributed by atoms with Crippen LogP contribution < -0.4 is 5.32 Å². The molecule has 0 unspecified atom stereocenters. The topological polar surface area (TPSA) is 15.3 Å². The molecule has 12 heavy (non-hydrogen) atoms. The van der Waals surface area contributed by atoms with Crippen LogP contribution in [0.3, 0.4) is 0 Å². The lowest BCUT2D eigenvalue weighted by molar-refractivity contribution is 0.290. The zero-order chi connectivity index (χ0) is 8.65. The molecule has 1 heterocycles. The standard InChI is InChI=1S/C10H18N2/c1-2-3-4-8-12-9-5-6-11-7-10-12/h1,11H,3-10H2. The Hall–Kier alpha value is -0.520. The minimum Gasteiger partial charge on any atom is -0.315 e. The quantitative estimate of drug-likeness (QED) is 0.490. The average Bonchev–Trinajstić information content (AvgIpc) is 2.33. The van der Waals surface area contributed by atoms with E-state index in [1.54, 1.807) is 0 Å². The molecule has 0 atom stereocenters. The van der Waals surface area contributed by atoms with Crippen molar-refractivity contribution in [1.82, 2.24) is 10.2 Å². The lowest BCUT2D eigenvalue weighted by Gasteiger charge is -2.18. The molecule has 0 aromatic heterocycles. The van der Waals surface area contributed by atoms with E-state index in [1.165, 1.54) is 32.6 Å². The van der Waals surface area contributed by atoms with E-state index >= 15 is 0 Å². The Balaban J connectivity index is 2.08. The van der Waals surface area contributed by atoms with Crippen LogP contribution in [0.2, 0.25) is 0 Å². The van der Waals surface area contributed by atoms with Crippen molar-refractivity contribution in [2.45, 2.75) is 19.3 Å². The van der Waals surface area contributed by atoms with Gasteiger partial charge in [0, 0.05) is 19.5 Å². The van der Waals surface area contributed by atoms with Gasteiger partial charge in [0.1, 0.15) is 0 Å². The number of nitrogens with one attached hydrogen (secondary N) is 1. The minimum absolute atomic E-state index is 0.921. The summed E-state index contributed by atoms with van der Waals surface area (Å²) in [7, 11) is 0. The van der Waals surface area contributed by atoms with Gasteiger partial charge in [0.15, 0.2) is 0 Å². The van der Waals surface area contributed by atoms with Gasteiger partial charge in [0.05, 0.1) is 0 Å². The number of hydrogen-bond acceptors (Lipinski definition) is 2. The Bertz CT molecular complexity index is 140. The number of unbranched alkanes of at least 4 members (excludes halogenated alkanes) is 1. The predicted molar refractivity (Wildman–Crippen MR) is 52.0 cm³/mol. The van der Waals surface area contributed by atoms with Crippen LogP contribution in [-0.4, -0.2) is 37.6 Å². The third kappa shape index (κ3) is 3.75. The number of terminal acetylenes is 1. The zero-order valence-corrected chi connectivity index (χ0v) is 7.68. The summed E-state index contributed by atoms with van der Waals surface area (Å²) >= 11 is 0. The molecule has 68 valence electrons. The fourth-order valence-corrected chi connectivity index (χ4v) is 1.53. The van der Waals surface area contributed by atoms with Crippen molar-refractivity contribution in [1.29, 1.82) is 0 Å². The van der Waals surface area contributed by atoms with Gasteiger partial charge in [-0.15, -0.1) is 12.3 Å². The normalized spacial score (nSPS) is 19.9. The second-order valence-corrected chi connectivity index (χ2v) is 3.25. The molecule has 2 nitrogen and oxygen atoms in total. The second kappa shape index (κ2) is 6.05. The van der Waals surface area contributed by atoms with Crippen molar-refractivity contribution in [3.8, 4) is 12.3 Å². The Labute approximate surface area is 75.3 Å². The SMILES string of the molecule is C#CCCCN1CCCNCC1. The van der Waals surface area contributed by atoms with E-state index in [0.29, 0.717) is 0 Å². The molecule has 0 bridgehead atoms. The summed E-state index contributed by atoms with van der Waals surface area (Å²) in [6, 6.07) is 0. The summed E-state index contributed by atoms with van der Waals surface area (Å²) < 4.78 is 0. The third-order valence-electron chi connectivity index (χ3n) is 2.23. The maximum absolute atomic E-state index is 5.19. The van der Waals surface area contributed by atoms with Gasteiger partial charge < -0.3 is 10.2 Å². The van der Waals surface area contributed by atoms with Crippen LogP contribution in [0.5, 0.6) is 0 Å². The number of nitrogens with zero attached hydrogens (tertiary/aromatic N) is 1. The van der Waals surface area contributed by atoms with Crippen molar-refractivity contribution in [3.63, 3.8) is 0 Å². The lowest BCUT2D eigenvalue weighted by Crippen LogP contribution is -2.28. The van der Waals surface area contributed by atoms with Gasteiger partial charge in [-0.1, -0.05) is 0 Å². The Morgan fingerprint density at radius 2 is 2.25 bits per heavy atom. The van der Waals surface area contributed by atoms with Crippen molar-refractivity contribution in [2.75, 3.05) is 32.7 Å². The van der Waals surface area contributed by atoms with Crippen molar-refractivity contribution in [3.05, 3.63) is 0 Å². The van der Waals surface area contributed by atoms with Gasteiger partial charge in [0.25, 0.3) is 0 Å². The summed E-state index contributed by atoms with van der Waals surface area (Å²) in [5.41, 5.74) is 0. The summed E-state index contributed by atoms with van der Waals surface area (Å²) in [5.74, 6) is 2.68. The van der Waals surface area contributed by atoms with E-state index in [0.717, 1.165) is 19.4 Å². The highest BCUT2D eigenvalue weighted by Gasteiger charge is 2.06. The van der Waals surface area contributed by atoms with E-state index in [-0.39, 0.29) is 0 Å². The molecule has 1 aliphatic rings. The van der Waals surface area contributed by atoms with Crippen LogP contribution in [0.25, 0.3) is 0 Å². The molecular weight excluding hydrogens is 148 g/mol. The number of rotatable bonds is 3. The van der Waals surface area contributed by atoms with Crippen molar-refractivity contribution >= 4 is 0 Å². The predicted octanol–water partition coefficient (Wildman–Crippen LogP) is 0.695. The minimum atomic E-state index is 0.921. The molecule has 0 radical (unpaired) electrons. The van der Waals surface area contributed by atoms with Gasteiger partial charge in [-0.3, -0.25) is 0 Å². The first-order valence-corrected chi connectivity index (χ1v) is 4.80. The van der Waals surface area contributed by atoms with Gasteiger partial charge >= 0.3 is 0 Å². The van der Waals surface area contributed by atoms with Crippen LogP contribution in [0, 0.1) is 12.3 Å². The highest BCUT2D eigenvalue weighted by atomic mass is 15.1. The summed E-state index contributed by atoms with van der Waals surface area (Å²) in [4.78, 5) is 2.50. The summed E-state index contributed by atoms with van der Waals surface area (Å²) in [6.45, 7) is 5.90. The monoisotopic (exact) mass is 166 g/mol. The fraction of sp³-hybridized carbons (Fsp3) is 0.800. The van der Waals surface area contributed by atoms with Crippen molar-refractivity contribution < 1.29 is 0 Å². The van der Waals surface area contributed by atoms with E-state index in [1.807, 2.05) is 0 Å². The van der Waals surface area contributed by atoms with Crippen LogP contribution in [-0.2, 0) is 0 Å². The maximum atomic E-state index is 5.19. The molecular formula is C10H18N2. The zero-order valence-electron chi connectivity index (χ0n) is 7.68. The average molecular weight is 166 g/mol. The summed E-state index contributed by atoms with van der Waals surface area (Å²) in [6.07, 6.45) is 8.54. The van der Waals surface area contributed by atoms with Gasteiger partial charge in [-0.2, -0.15) is 0 Å². The molecule has 1 N–H and O–H groups in total. The Kier molecular flexibility index (Phi) is 4.82. The Morgan fingerprint density at radius 3 is 3.08 bits per heavy atom. The summed E-state index contributed by atoms with van der Waals surface area (Å²) in [5, 5.41) is 3.39. The van der Waals surface area contributed by atoms with Gasteiger partial charge in [0.2, 0.25) is 0 Å². The largest absolute Gasteiger partial charge is 0.315 e. The van der Waals surface area contributed by atoms with Crippen molar-refractivity contribution in [2.24, 2.45) is 0 Å². The molecule has 1 rings (SSSR count). The van der Waals surface area contributed by atoms with Crippen LogP contribution in [0.4, 0.5) is 0 Å². The first-order valence-electron chi connectivity index (χ1n) is 4.80. The van der Waals surface area contributed by atoms with Gasteiger partial charge in [-0.05, 0) is 32.5 Å². The molecule has 0 spiro atoms. The highest BCUT2D eigenvalue weighted by Crippen LogP contribution is 1.98. The maximum Gasteiger partial charge on any atom is 0.0107 e. The molecule has 1 fully saturated rings. The third-order valence-corrected chi connectivity index (χ3v) is 2.23. The second-order valence-electron chi connectivity index (χ2n) is 3.25. The molecule has 1 saturated heterocycles. The molecule has 0 aromatic carbocycles.